The Morgan fingerprint density at radius 3 is 2.94 bits per heavy atom. The molecule has 1 fully saturated rings. The fourth-order valence-corrected chi connectivity index (χ4v) is 2.64. The highest BCUT2D eigenvalue weighted by Gasteiger charge is 2.24. The zero-order valence-electron chi connectivity index (χ0n) is 9.82. The van der Waals surface area contributed by atoms with Crippen molar-refractivity contribution in [3.63, 3.8) is 0 Å². The van der Waals surface area contributed by atoms with Crippen LogP contribution >= 0.6 is 11.6 Å². The summed E-state index contributed by atoms with van der Waals surface area (Å²) >= 11 is 5.94. The van der Waals surface area contributed by atoms with E-state index in [1.54, 1.807) is 0 Å². The zero-order chi connectivity index (χ0) is 12.1. The molecule has 2 rings (SSSR count). The summed E-state index contributed by atoms with van der Waals surface area (Å²) in [7, 11) is 0. The monoisotopic (exact) mass is 248 g/mol. The van der Waals surface area contributed by atoms with E-state index >= 15 is 0 Å². The van der Waals surface area contributed by atoms with E-state index in [1.807, 2.05) is 18.2 Å². The Bertz CT molecular complexity index is 411. The molecular formula is C14H17ClN2. The van der Waals surface area contributed by atoms with Gasteiger partial charge in [0.15, 0.2) is 0 Å². The molecule has 1 N–H and O–H groups in total. The first-order chi connectivity index (χ1) is 8.29. The molecule has 0 aromatic heterocycles. The molecule has 2 unspecified atom stereocenters. The van der Waals surface area contributed by atoms with Gasteiger partial charge in [-0.3, -0.25) is 0 Å². The molecule has 0 radical (unpaired) electrons. The second-order valence-corrected chi connectivity index (χ2v) is 5.07. The van der Waals surface area contributed by atoms with Crippen molar-refractivity contribution in [2.45, 2.75) is 38.3 Å². The van der Waals surface area contributed by atoms with Crippen LogP contribution < -0.4 is 5.32 Å². The second kappa shape index (κ2) is 6.05. The number of nitrogens with one attached hydrogen (secondary N) is 1. The van der Waals surface area contributed by atoms with Crippen molar-refractivity contribution in [3.8, 4) is 6.07 Å². The molecule has 1 saturated carbocycles. The summed E-state index contributed by atoms with van der Waals surface area (Å²) in [6.45, 7) is 0.795. The molecule has 1 aromatic rings. The fraction of sp³-hybridized carbons (Fsp3) is 0.500. The van der Waals surface area contributed by atoms with Gasteiger partial charge >= 0.3 is 0 Å². The highest BCUT2D eigenvalue weighted by molar-refractivity contribution is 6.30. The third-order valence-electron chi connectivity index (χ3n) is 3.39. The van der Waals surface area contributed by atoms with E-state index in [-0.39, 0.29) is 5.92 Å². The van der Waals surface area contributed by atoms with Crippen LogP contribution in [0.25, 0.3) is 0 Å². The molecule has 0 spiro atoms. The van der Waals surface area contributed by atoms with Crippen molar-refractivity contribution in [3.05, 3.63) is 34.9 Å². The van der Waals surface area contributed by atoms with Crippen molar-refractivity contribution < 1.29 is 0 Å². The van der Waals surface area contributed by atoms with Crippen LogP contribution in [0.2, 0.25) is 5.02 Å². The largest absolute Gasteiger partial charge is 0.309 e. The Kier molecular flexibility index (Phi) is 4.42. The van der Waals surface area contributed by atoms with Crippen LogP contribution in [-0.2, 0) is 6.54 Å². The molecule has 1 aliphatic rings. The maximum atomic E-state index is 9.09. The van der Waals surface area contributed by atoms with Crippen LogP contribution in [0.3, 0.4) is 0 Å². The lowest BCUT2D eigenvalue weighted by Gasteiger charge is -2.27. The van der Waals surface area contributed by atoms with Gasteiger partial charge in [0.05, 0.1) is 12.0 Å². The topological polar surface area (TPSA) is 35.8 Å². The van der Waals surface area contributed by atoms with E-state index in [4.69, 9.17) is 16.9 Å². The van der Waals surface area contributed by atoms with E-state index in [1.165, 1.54) is 18.4 Å². The fourth-order valence-electron chi connectivity index (χ4n) is 2.43. The van der Waals surface area contributed by atoms with Gasteiger partial charge in [0, 0.05) is 17.6 Å². The molecule has 0 aliphatic heterocycles. The smallest absolute Gasteiger partial charge is 0.0672 e. The molecule has 0 bridgehead atoms. The molecule has 2 nitrogen and oxygen atoms in total. The normalized spacial score (nSPS) is 24.2. The van der Waals surface area contributed by atoms with Gasteiger partial charge < -0.3 is 5.32 Å². The molecule has 1 aliphatic carbocycles. The second-order valence-electron chi connectivity index (χ2n) is 4.64. The number of benzene rings is 1. The third kappa shape index (κ3) is 3.46. The van der Waals surface area contributed by atoms with E-state index in [0.717, 1.165) is 24.4 Å². The van der Waals surface area contributed by atoms with Gasteiger partial charge in [0.1, 0.15) is 0 Å². The van der Waals surface area contributed by atoms with Crippen LogP contribution in [0, 0.1) is 17.2 Å². The van der Waals surface area contributed by atoms with E-state index in [2.05, 4.69) is 17.5 Å². The number of halogens is 1. The zero-order valence-corrected chi connectivity index (χ0v) is 10.6. The van der Waals surface area contributed by atoms with Gasteiger partial charge in [-0.1, -0.05) is 36.6 Å². The summed E-state index contributed by atoms with van der Waals surface area (Å²) in [5, 5.41) is 13.3. The highest BCUT2D eigenvalue weighted by Crippen LogP contribution is 2.24. The number of hydrogen-bond acceptors (Lipinski definition) is 2. The van der Waals surface area contributed by atoms with Crippen LogP contribution in [-0.4, -0.2) is 6.04 Å². The van der Waals surface area contributed by atoms with Crippen molar-refractivity contribution in [2.75, 3.05) is 0 Å². The maximum Gasteiger partial charge on any atom is 0.0672 e. The number of rotatable bonds is 3. The minimum absolute atomic E-state index is 0.169. The van der Waals surface area contributed by atoms with Crippen LogP contribution in [0.15, 0.2) is 24.3 Å². The summed E-state index contributed by atoms with van der Waals surface area (Å²) in [6, 6.07) is 10.6. The number of nitriles is 1. The Labute approximate surface area is 108 Å². The van der Waals surface area contributed by atoms with Gasteiger partial charge in [-0.05, 0) is 30.5 Å². The first-order valence-electron chi connectivity index (χ1n) is 6.17. The van der Waals surface area contributed by atoms with E-state index < -0.39 is 0 Å². The quantitative estimate of drug-likeness (QED) is 0.889. The molecule has 90 valence electrons. The summed E-state index contributed by atoms with van der Waals surface area (Å²) in [5.41, 5.74) is 1.18. The molecule has 3 heteroatoms. The van der Waals surface area contributed by atoms with Crippen molar-refractivity contribution in [1.82, 2.24) is 5.32 Å². The van der Waals surface area contributed by atoms with Gasteiger partial charge in [0.25, 0.3) is 0 Å². The van der Waals surface area contributed by atoms with Gasteiger partial charge in [-0.15, -0.1) is 0 Å². The molecule has 0 saturated heterocycles. The molecule has 17 heavy (non-hydrogen) atoms. The Balaban J connectivity index is 1.91. The predicted molar refractivity (Wildman–Crippen MR) is 69.7 cm³/mol. The molecule has 0 heterocycles. The molecule has 2 atom stereocenters. The standard InChI is InChI=1S/C14H17ClN2/c15-13-6-3-4-11(8-13)10-17-14-7-2-1-5-12(14)9-16/h3-4,6,8,12,14,17H,1-2,5,7,10H2. The SMILES string of the molecule is N#CC1CCCCC1NCc1cccc(Cl)c1. The van der Waals surface area contributed by atoms with Crippen molar-refractivity contribution in [2.24, 2.45) is 5.92 Å². The Hall–Kier alpha value is -1.04. The minimum atomic E-state index is 0.169. The summed E-state index contributed by atoms with van der Waals surface area (Å²) in [6.07, 6.45) is 4.56. The summed E-state index contributed by atoms with van der Waals surface area (Å²) in [4.78, 5) is 0. The third-order valence-corrected chi connectivity index (χ3v) is 3.62. The van der Waals surface area contributed by atoms with Crippen molar-refractivity contribution >= 4 is 11.6 Å². The van der Waals surface area contributed by atoms with E-state index in [0.29, 0.717) is 6.04 Å². The Morgan fingerprint density at radius 1 is 1.35 bits per heavy atom. The molecular weight excluding hydrogens is 232 g/mol. The molecule has 0 amide bonds. The summed E-state index contributed by atoms with van der Waals surface area (Å²) < 4.78 is 0. The van der Waals surface area contributed by atoms with Gasteiger partial charge in [0.2, 0.25) is 0 Å². The number of hydrogen-bond donors (Lipinski definition) is 1. The Morgan fingerprint density at radius 2 is 2.18 bits per heavy atom. The lowest BCUT2D eigenvalue weighted by molar-refractivity contribution is 0.311. The average molecular weight is 249 g/mol. The predicted octanol–water partition coefficient (Wildman–Crippen LogP) is 3.51. The van der Waals surface area contributed by atoms with Crippen LogP contribution in [0.4, 0.5) is 0 Å². The summed E-state index contributed by atoms with van der Waals surface area (Å²) in [5.74, 6) is 0.169. The molecule has 1 aromatic carbocycles. The number of nitrogens with zero attached hydrogens (tertiary/aromatic N) is 1. The lowest BCUT2D eigenvalue weighted by atomic mass is 9.85. The average Bonchev–Trinajstić information content (AvgIpc) is 2.37. The first-order valence-corrected chi connectivity index (χ1v) is 6.55. The van der Waals surface area contributed by atoms with Crippen LogP contribution in [0.1, 0.15) is 31.2 Å². The van der Waals surface area contributed by atoms with E-state index in [9.17, 15) is 0 Å². The van der Waals surface area contributed by atoms with Gasteiger partial charge in [-0.2, -0.15) is 5.26 Å². The minimum Gasteiger partial charge on any atom is -0.309 e. The van der Waals surface area contributed by atoms with Crippen molar-refractivity contribution in [1.29, 1.82) is 5.26 Å². The highest BCUT2D eigenvalue weighted by atomic mass is 35.5. The lowest BCUT2D eigenvalue weighted by Crippen LogP contribution is -2.37. The first kappa shape index (κ1) is 12.4. The van der Waals surface area contributed by atoms with Crippen LogP contribution in [0.5, 0.6) is 0 Å². The van der Waals surface area contributed by atoms with Gasteiger partial charge in [-0.25, -0.2) is 0 Å². The maximum absolute atomic E-state index is 9.09.